The van der Waals surface area contributed by atoms with Gasteiger partial charge in [-0.15, -0.1) is 0 Å². The number of fused-ring (bicyclic) bond motifs is 1. The zero-order valence-corrected chi connectivity index (χ0v) is 12.8. The second-order valence-corrected chi connectivity index (χ2v) is 5.72. The summed E-state index contributed by atoms with van der Waals surface area (Å²) < 4.78 is 1.18. The average Bonchev–Trinajstić information content (AvgIpc) is 2.80. The average molecular weight is 364 g/mol. The van der Waals surface area contributed by atoms with Gasteiger partial charge in [-0.05, 0) is 40.8 Å². The van der Waals surface area contributed by atoms with Gasteiger partial charge >= 0.3 is 0 Å². The van der Waals surface area contributed by atoms with Crippen molar-refractivity contribution in [2.45, 2.75) is 0 Å². The molecule has 3 aromatic rings. The predicted molar refractivity (Wildman–Crippen MR) is 86.4 cm³/mol. The molecule has 0 aromatic carbocycles. The predicted octanol–water partition coefficient (Wildman–Crippen LogP) is 3.30. The van der Waals surface area contributed by atoms with Crippen LogP contribution in [0.4, 0.5) is 5.82 Å². The molecule has 3 rings (SSSR count). The van der Waals surface area contributed by atoms with E-state index in [0.29, 0.717) is 0 Å². The zero-order chi connectivity index (χ0) is 13.4. The first-order valence-corrected chi connectivity index (χ1v) is 6.99. The Morgan fingerprint density at radius 1 is 1.11 bits per heavy atom. The molecule has 3 aromatic heterocycles. The van der Waals surface area contributed by atoms with Crippen LogP contribution in [0.2, 0.25) is 0 Å². The van der Waals surface area contributed by atoms with E-state index in [9.17, 15) is 0 Å². The largest absolute Gasteiger partial charge is 0.363 e. The Hall–Kier alpha value is -1.63. The number of H-pyrrole nitrogens is 1. The minimum absolute atomic E-state index is 0.922. The van der Waals surface area contributed by atoms with E-state index in [1.165, 1.54) is 3.57 Å². The maximum atomic E-state index is 4.44. The van der Waals surface area contributed by atoms with Crippen molar-refractivity contribution >= 4 is 39.4 Å². The van der Waals surface area contributed by atoms with Crippen molar-refractivity contribution in [2.24, 2.45) is 0 Å². The van der Waals surface area contributed by atoms with E-state index in [2.05, 4.69) is 49.7 Å². The van der Waals surface area contributed by atoms with Gasteiger partial charge in [-0.25, -0.2) is 9.97 Å². The summed E-state index contributed by atoms with van der Waals surface area (Å²) in [6, 6.07) is 6.24. The van der Waals surface area contributed by atoms with Crippen LogP contribution >= 0.6 is 22.6 Å². The van der Waals surface area contributed by atoms with E-state index in [1.54, 1.807) is 0 Å². The van der Waals surface area contributed by atoms with E-state index in [0.717, 1.165) is 28.0 Å². The lowest BCUT2D eigenvalue weighted by atomic mass is 10.1. The van der Waals surface area contributed by atoms with Crippen molar-refractivity contribution in [3.8, 4) is 11.1 Å². The zero-order valence-electron chi connectivity index (χ0n) is 10.7. The second-order valence-electron chi connectivity index (χ2n) is 4.56. The summed E-state index contributed by atoms with van der Waals surface area (Å²) in [6.07, 6.45) is 5.73. The molecule has 0 saturated carbocycles. The summed E-state index contributed by atoms with van der Waals surface area (Å²) in [5.74, 6) is 0.953. The Labute approximate surface area is 125 Å². The van der Waals surface area contributed by atoms with Crippen LogP contribution in [0.3, 0.4) is 0 Å². The molecule has 1 N–H and O–H groups in total. The van der Waals surface area contributed by atoms with Crippen LogP contribution in [-0.2, 0) is 0 Å². The number of hydrogen-bond acceptors (Lipinski definition) is 3. The number of anilines is 1. The van der Waals surface area contributed by atoms with Crippen molar-refractivity contribution in [3.05, 3.63) is 40.4 Å². The molecule has 4 nitrogen and oxygen atoms in total. The highest BCUT2D eigenvalue weighted by Gasteiger charge is 2.06. The van der Waals surface area contributed by atoms with E-state index >= 15 is 0 Å². The van der Waals surface area contributed by atoms with Gasteiger partial charge in [-0.1, -0.05) is 0 Å². The Morgan fingerprint density at radius 2 is 1.89 bits per heavy atom. The second kappa shape index (κ2) is 4.80. The number of hydrogen-bond donors (Lipinski definition) is 1. The number of aromatic amines is 1. The molecular formula is C14H13IN4. The van der Waals surface area contributed by atoms with Gasteiger partial charge < -0.3 is 9.88 Å². The molecule has 0 amide bonds. The highest BCUT2D eigenvalue weighted by atomic mass is 127. The highest BCUT2D eigenvalue weighted by Crippen LogP contribution is 2.25. The van der Waals surface area contributed by atoms with Gasteiger partial charge in [0.05, 0.1) is 0 Å². The van der Waals surface area contributed by atoms with Gasteiger partial charge in [0.25, 0.3) is 0 Å². The Balaban J connectivity index is 2.05. The van der Waals surface area contributed by atoms with Crippen LogP contribution in [0, 0.1) is 3.57 Å². The molecule has 3 heterocycles. The summed E-state index contributed by atoms with van der Waals surface area (Å²) in [5.41, 5.74) is 3.09. The standard InChI is InChI=1S/C14H13IN4/c1-19(2)13-4-3-9(6-16-13)10-5-11-12(15)8-18-14(11)17-7-10/h3-8H,1-2H3,(H,17,18). The summed E-state index contributed by atoms with van der Waals surface area (Å²) in [4.78, 5) is 14.0. The maximum Gasteiger partial charge on any atom is 0.138 e. The van der Waals surface area contributed by atoms with Gasteiger partial charge in [-0.2, -0.15) is 0 Å². The first kappa shape index (κ1) is 12.4. The third-order valence-electron chi connectivity index (χ3n) is 3.02. The van der Waals surface area contributed by atoms with E-state index < -0.39 is 0 Å². The van der Waals surface area contributed by atoms with Crippen molar-refractivity contribution < 1.29 is 0 Å². The fourth-order valence-electron chi connectivity index (χ4n) is 1.95. The molecule has 0 aliphatic carbocycles. The van der Waals surface area contributed by atoms with Crippen LogP contribution in [-0.4, -0.2) is 29.0 Å². The van der Waals surface area contributed by atoms with Gasteiger partial charge in [0.2, 0.25) is 0 Å². The van der Waals surface area contributed by atoms with Crippen molar-refractivity contribution in [1.82, 2.24) is 15.0 Å². The number of nitrogens with zero attached hydrogens (tertiary/aromatic N) is 3. The summed E-state index contributed by atoms with van der Waals surface area (Å²) in [5, 5.41) is 1.15. The summed E-state index contributed by atoms with van der Waals surface area (Å²) >= 11 is 2.31. The number of pyridine rings is 2. The van der Waals surface area contributed by atoms with E-state index in [1.807, 2.05) is 43.7 Å². The van der Waals surface area contributed by atoms with Crippen LogP contribution < -0.4 is 4.90 Å². The molecule has 0 atom stereocenters. The van der Waals surface area contributed by atoms with Gasteiger partial charge in [0, 0.05) is 52.8 Å². The monoisotopic (exact) mass is 364 g/mol. The SMILES string of the molecule is CN(C)c1ccc(-c2cnc3[nH]cc(I)c3c2)cn1. The maximum absolute atomic E-state index is 4.44. The molecule has 0 aliphatic rings. The van der Waals surface area contributed by atoms with Crippen LogP contribution in [0.25, 0.3) is 22.2 Å². The lowest BCUT2D eigenvalue weighted by molar-refractivity contribution is 1.07. The number of halogens is 1. The molecule has 19 heavy (non-hydrogen) atoms. The molecule has 0 aliphatic heterocycles. The number of nitrogens with one attached hydrogen (secondary N) is 1. The third kappa shape index (κ3) is 2.30. The molecule has 5 heteroatoms. The molecule has 0 bridgehead atoms. The van der Waals surface area contributed by atoms with Crippen molar-refractivity contribution in [1.29, 1.82) is 0 Å². The summed E-state index contributed by atoms with van der Waals surface area (Å²) in [7, 11) is 3.97. The smallest absolute Gasteiger partial charge is 0.138 e. The normalized spacial score (nSPS) is 10.9. The molecule has 96 valence electrons. The number of aromatic nitrogens is 3. The third-order valence-corrected chi connectivity index (χ3v) is 3.91. The molecule has 0 spiro atoms. The minimum Gasteiger partial charge on any atom is -0.363 e. The lowest BCUT2D eigenvalue weighted by Gasteiger charge is -2.11. The van der Waals surface area contributed by atoms with E-state index in [4.69, 9.17) is 0 Å². The van der Waals surface area contributed by atoms with Gasteiger partial charge in [-0.3, -0.25) is 0 Å². The quantitative estimate of drug-likeness (QED) is 0.710. The lowest BCUT2D eigenvalue weighted by Crippen LogP contribution is -2.09. The molecular weight excluding hydrogens is 351 g/mol. The summed E-state index contributed by atoms with van der Waals surface area (Å²) in [6.45, 7) is 0. The Bertz CT molecular complexity index is 716. The minimum atomic E-state index is 0.922. The molecule has 0 radical (unpaired) electrons. The Morgan fingerprint density at radius 3 is 2.58 bits per heavy atom. The molecule has 0 fully saturated rings. The van der Waals surface area contributed by atoms with E-state index in [-0.39, 0.29) is 0 Å². The van der Waals surface area contributed by atoms with Crippen LogP contribution in [0.1, 0.15) is 0 Å². The van der Waals surface area contributed by atoms with Crippen molar-refractivity contribution in [3.63, 3.8) is 0 Å². The van der Waals surface area contributed by atoms with Gasteiger partial charge in [0.1, 0.15) is 11.5 Å². The first-order valence-electron chi connectivity index (χ1n) is 5.91. The topological polar surface area (TPSA) is 44.8 Å². The molecule has 0 unspecified atom stereocenters. The van der Waals surface area contributed by atoms with Crippen LogP contribution in [0.5, 0.6) is 0 Å². The van der Waals surface area contributed by atoms with Crippen molar-refractivity contribution in [2.75, 3.05) is 19.0 Å². The number of rotatable bonds is 2. The van der Waals surface area contributed by atoms with Crippen LogP contribution in [0.15, 0.2) is 36.8 Å². The fourth-order valence-corrected chi connectivity index (χ4v) is 2.52. The van der Waals surface area contributed by atoms with Gasteiger partial charge in [0.15, 0.2) is 0 Å². The first-order chi connectivity index (χ1) is 9.15. The molecule has 0 saturated heterocycles. The highest BCUT2D eigenvalue weighted by molar-refractivity contribution is 14.1. The fraction of sp³-hybridized carbons (Fsp3) is 0.143. The Kier molecular flexibility index (Phi) is 3.14.